The number of H-pyrrole nitrogens is 1. The van der Waals surface area contributed by atoms with Crippen LogP contribution < -0.4 is 20.3 Å². The number of rotatable bonds is 5. The fourth-order valence-electron chi connectivity index (χ4n) is 3.22. The van der Waals surface area contributed by atoms with Gasteiger partial charge in [0, 0.05) is 23.9 Å². The molecule has 0 fully saturated rings. The van der Waals surface area contributed by atoms with Gasteiger partial charge in [0.25, 0.3) is 11.5 Å². The highest BCUT2D eigenvalue weighted by Gasteiger charge is 2.22. The Morgan fingerprint density at radius 3 is 2.35 bits per heavy atom. The quantitative estimate of drug-likeness (QED) is 0.457. The Kier molecular flexibility index (Phi) is 5.08. The summed E-state index contributed by atoms with van der Waals surface area (Å²) in [6.07, 6.45) is 1.39. The molecule has 31 heavy (non-hydrogen) atoms. The van der Waals surface area contributed by atoms with Crippen LogP contribution in [-0.4, -0.2) is 40.0 Å². The van der Waals surface area contributed by atoms with Crippen LogP contribution in [0.25, 0.3) is 16.7 Å². The lowest BCUT2D eigenvalue weighted by Gasteiger charge is -2.11. The van der Waals surface area contributed by atoms with Gasteiger partial charge in [-0.25, -0.2) is 4.68 Å². The number of carbonyl (C=O) groups excluding carboxylic acids is 1. The number of benzene rings is 2. The van der Waals surface area contributed by atoms with E-state index < -0.39 is 22.8 Å². The second-order valence-electron chi connectivity index (χ2n) is 6.89. The van der Waals surface area contributed by atoms with Crippen LogP contribution in [-0.2, 0) is 0 Å². The van der Waals surface area contributed by atoms with Crippen LogP contribution in [0.2, 0.25) is 0 Å². The summed E-state index contributed by atoms with van der Waals surface area (Å²) in [7, 11) is 2.97. The van der Waals surface area contributed by atoms with Gasteiger partial charge in [0.15, 0.2) is 0 Å². The molecule has 3 N–H and O–H groups in total. The molecule has 9 heteroatoms. The molecule has 4 rings (SSSR count). The maximum absolute atomic E-state index is 12.8. The number of anilines is 1. The Morgan fingerprint density at radius 2 is 1.74 bits per heavy atom. The molecule has 0 bridgehead atoms. The van der Waals surface area contributed by atoms with Gasteiger partial charge in [0.1, 0.15) is 28.5 Å². The Hall–Kier alpha value is -4.27. The molecule has 0 aliphatic rings. The predicted octanol–water partition coefficient (Wildman–Crippen LogP) is 3.00. The van der Waals surface area contributed by atoms with Gasteiger partial charge < -0.3 is 24.9 Å². The first-order valence-corrected chi connectivity index (χ1v) is 9.35. The number of nitrogens with one attached hydrogen (secondary N) is 2. The number of ether oxygens (including phenoxy) is 2. The highest BCUT2D eigenvalue weighted by atomic mass is 16.5. The number of pyridine rings is 1. The average Bonchev–Trinajstić information content (AvgIpc) is 3.18. The minimum absolute atomic E-state index is 0.244. The number of nitrogens with zero attached hydrogens (tertiary/aromatic N) is 2. The van der Waals surface area contributed by atoms with Crippen molar-refractivity contribution in [3.05, 3.63) is 70.1 Å². The number of amides is 1. The Bertz CT molecular complexity index is 1320. The van der Waals surface area contributed by atoms with E-state index in [0.29, 0.717) is 22.9 Å². The average molecular weight is 420 g/mol. The lowest BCUT2D eigenvalue weighted by Crippen LogP contribution is -2.23. The Balaban J connectivity index is 1.74. The number of hydrogen-bond acceptors (Lipinski definition) is 6. The van der Waals surface area contributed by atoms with Gasteiger partial charge in [0.05, 0.1) is 31.5 Å². The third-order valence-corrected chi connectivity index (χ3v) is 4.84. The van der Waals surface area contributed by atoms with Crippen molar-refractivity contribution in [2.24, 2.45) is 0 Å². The first-order valence-electron chi connectivity index (χ1n) is 9.35. The van der Waals surface area contributed by atoms with E-state index in [2.05, 4.69) is 15.4 Å². The zero-order valence-corrected chi connectivity index (χ0v) is 17.1. The smallest absolute Gasteiger partial charge is 0.266 e. The van der Waals surface area contributed by atoms with Crippen LogP contribution in [0.3, 0.4) is 0 Å². The SMILES string of the molecule is COc1cc(NC(=O)c2c(O)c3cnn(-c4ccc(C)cc4)c3[nH]c2=O)cc(OC)c1. The third-order valence-electron chi connectivity index (χ3n) is 4.84. The summed E-state index contributed by atoms with van der Waals surface area (Å²) in [5.41, 5.74) is 1.24. The second kappa shape index (κ2) is 7.86. The van der Waals surface area contributed by atoms with Crippen molar-refractivity contribution in [3.8, 4) is 22.9 Å². The summed E-state index contributed by atoms with van der Waals surface area (Å²) in [4.78, 5) is 28.2. The van der Waals surface area contributed by atoms with Gasteiger partial charge in [-0.1, -0.05) is 17.7 Å². The highest BCUT2D eigenvalue weighted by Crippen LogP contribution is 2.29. The Labute approximate surface area is 176 Å². The Morgan fingerprint density at radius 1 is 1.10 bits per heavy atom. The summed E-state index contributed by atoms with van der Waals surface area (Å²) in [5.74, 6) is -0.311. The number of carbonyl (C=O) groups is 1. The highest BCUT2D eigenvalue weighted by molar-refractivity contribution is 6.08. The van der Waals surface area contributed by atoms with E-state index in [1.165, 1.54) is 25.1 Å². The van der Waals surface area contributed by atoms with Crippen molar-refractivity contribution in [1.29, 1.82) is 0 Å². The molecule has 0 atom stereocenters. The minimum Gasteiger partial charge on any atom is -0.506 e. The molecule has 0 unspecified atom stereocenters. The van der Waals surface area contributed by atoms with E-state index in [0.717, 1.165) is 5.56 Å². The summed E-state index contributed by atoms with van der Waals surface area (Å²) < 4.78 is 11.9. The first-order chi connectivity index (χ1) is 14.9. The van der Waals surface area contributed by atoms with Crippen molar-refractivity contribution < 1.29 is 19.4 Å². The normalized spacial score (nSPS) is 10.8. The molecule has 2 aromatic carbocycles. The fourth-order valence-corrected chi connectivity index (χ4v) is 3.22. The molecule has 0 spiro atoms. The van der Waals surface area contributed by atoms with E-state index in [1.807, 2.05) is 31.2 Å². The van der Waals surface area contributed by atoms with Crippen molar-refractivity contribution in [2.45, 2.75) is 6.92 Å². The standard InChI is InChI=1S/C22H20N4O5/c1-12-4-6-14(7-5-12)26-20-17(11-23-26)19(27)18(22(29)25-20)21(28)24-13-8-15(30-2)10-16(9-13)31-3/h4-11H,1-3H3,(H,24,28)(H2,25,27,29). The summed E-state index contributed by atoms with van der Waals surface area (Å²) in [6, 6.07) is 12.3. The van der Waals surface area contributed by atoms with Crippen LogP contribution in [0.15, 0.2) is 53.5 Å². The molecule has 0 saturated heterocycles. The molecule has 0 aliphatic heterocycles. The van der Waals surface area contributed by atoms with Crippen LogP contribution in [0, 0.1) is 6.92 Å². The molecule has 0 radical (unpaired) electrons. The number of aryl methyl sites for hydroxylation is 1. The number of fused-ring (bicyclic) bond motifs is 1. The summed E-state index contributed by atoms with van der Waals surface area (Å²) in [5, 5.41) is 17.8. The van der Waals surface area contributed by atoms with E-state index >= 15 is 0 Å². The van der Waals surface area contributed by atoms with Crippen molar-refractivity contribution in [2.75, 3.05) is 19.5 Å². The molecule has 0 aliphatic carbocycles. The van der Waals surface area contributed by atoms with Crippen LogP contribution >= 0.6 is 0 Å². The monoisotopic (exact) mass is 420 g/mol. The van der Waals surface area contributed by atoms with E-state index in [4.69, 9.17) is 9.47 Å². The molecule has 9 nitrogen and oxygen atoms in total. The van der Waals surface area contributed by atoms with Gasteiger partial charge in [-0.15, -0.1) is 0 Å². The topological polar surface area (TPSA) is 118 Å². The molecular formula is C22H20N4O5. The number of aromatic nitrogens is 3. The molecule has 2 heterocycles. The lowest BCUT2D eigenvalue weighted by molar-refractivity contribution is 0.102. The third kappa shape index (κ3) is 3.68. The molecule has 2 aromatic heterocycles. The van der Waals surface area contributed by atoms with Crippen LogP contribution in [0.4, 0.5) is 5.69 Å². The lowest BCUT2D eigenvalue weighted by atomic mass is 10.1. The summed E-state index contributed by atoms with van der Waals surface area (Å²) in [6.45, 7) is 1.96. The number of hydrogen-bond donors (Lipinski definition) is 3. The zero-order valence-electron chi connectivity index (χ0n) is 17.1. The van der Waals surface area contributed by atoms with Crippen molar-refractivity contribution in [1.82, 2.24) is 14.8 Å². The fraction of sp³-hybridized carbons (Fsp3) is 0.136. The first kappa shape index (κ1) is 20.0. The van der Waals surface area contributed by atoms with Crippen LogP contribution in [0.5, 0.6) is 17.2 Å². The largest absolute Gasteiger partial charge is 0.506 e. The molecule has 4 aromatic rings. The van der Waals surface area contributed by atoms with Gasteiger partial charge in [-0.05, 0) is 19.1 Å². The van der Waals surface area contributed by atoms with Crippen LogP contribution in [0.1, 0.15) is 15.9 Å². The molecular weight excluding hydrogens is 400 g/mol. The van der Waals surface area contributed by atoms with Crippen molar-refractivity contribution >= 4 is 22.6 Å². The van der Waals surface area contributed by atoms with Crippen molar-refractivity contribution in [3.63, 3.8) is 0 Å². The zero-order chi connectivity index (χ0) is 22.1. The van der Waals surface area contributed by atoms with E-state index in [1.54, 1.807) is 18.2 Å². The van der Waals surface area contributed by atoms with Gasteiger partial charge in [0.2, 0.25) is 0 Å². The number of methoxy groups -OCH3 is 2. The minimum atomic E-state index is -0.779. The number of aromatic amines is 1. The molecule has 0 saturated carbocycles. The van der Waals surface area contributed by atoms with Gasteiger partial charge >= 0.3 is 0 Å². The number of aromatic hydroxyl groups is 1. The second-order valence-corrected chi connectivity index (χ2v) is 6.89. The molecule has 1 amide bonds. The maximum Gasteiger partial charge on any atom is 0.266 e. The van der Waals surface area contributed by atoms with Gasteiger partial charge in [-0.3, -0.25) is 9.59 Å². The maximum atomic E-state index is 12.8. The molecule has 158 valence electrons. The van der Waals surface area contributed by atoms with Gasteiger partial charge in [-0.2, -0.15) is 5.10 Å². The van der Waals surface area contributed by atoms with E-state index in [9.17, 15) is 14.7 Å². The predicted molar refractivity (Wildman–Crippen MR) is 116 cm³/mol. The van der Waals surface area contributed by atoms with E-state index in [-0.39, 0.29) is 11.0 Å². The summed E-state index contributed by atoms with van der Waals surface area (Å²) >= 11 is 0.